The Morgan fingerprint density at radius 3 is 2.52 bits per heavy atom. The highest BCUT2D eigenvalue weighted by molar-refractivity contribution is 5.93. The number of hydrogen-bond acceptors (Lipinski definition) is 4. The van der Waals surface area contributed by atoms with Crippen LogP contribution in [-0.4, -0.2) is 40.5 Å². The molecule has 0 saturated heterocycles. The normalized spacial score (nSPS) is 11.4. The standard InChI is InChI=1S/C19H28N4O2/c1-19(2,3)16-13-17(22(4)21-16)20-18(25)14-23(11-8-12-24)15-9-6-5-7-10-15/h5-7,9-10,13,24H,8,11-12,14H2,1-4H3,(H,20,25). The first kappa shape index (κ1) is 19.0. The molecule has 0 fully saturated rings. The van der Waals surface area contributed by atoms with Gasteiger partial charge >= 0.3 is 0 Å². The Kier molecular flexibility index (Phi) is 6.20. The van der Waals surface area contributed by atoms with Gasteiger partial charge in [-0.05, 0) is 18.6 Å². The molecule has 0 radical (unpaired) electrons. The van der Waals surface area contributed by atoms with Crippen LogP contribution in [0, 0.1) is 0 Å². The molecule has 0 saturated carbocycles. The zero-order valence-electron chi connectivity index (χ0n) is 15.5. The van der Waals surface area contributed by atoms with E-state index in [1.807, 2.05) is 48.3 Å². The molecule has 6 nitrogen and oxygen atoms in total. The van der Waals surface area contributed by atoms with Crippen LogP contribution < -0.4 is 10.2 Å². The second-order valence-electron chi connectivity index (χ2n) is 7.17. The van der Waals surface area contributed by atoms with Crippen molar-refractivity contribution < 1.29 is 9.90 Å². The molecule has 0 atom stereocenters. The lowest BCUT2D eigenvalue weighted by atomic mass is 9.92. The highest BCUT2D eigenvalue weighted by Crippen LogP contribution is 2.23. The van der Waals surface area contributed by atoms with Crippen molar-refractivity contribution in [3.8, 4) is 0 Å². The SMILES string of the molecule is Cn1nc(C(C)(C)C)cc1NC(=O)CN(CCCO)c1ccccc1. The van der Waals surface area contributed by atoms with Crippen LogP contribution in [0.15, 0.2) is 36.4 Å². The number of rotatable bonds is 7. The molecule has 0 spiro atoms. The number of aliphatic hydroxyl groups excluding tert-OH is 1. The minimum absolute atomic E-state index is 0.0715. The molecule has 0 aliphatic carbocycles. The number of aliphatic hydroxyl groups is 1. The van der Waals surface area contributed by atoms with Gasteiger partial charge < -0.3 is 15.3 Å². The summed E-state index contributed by atoms with van der Waals surface area (Å²) < 4.78 is 1.69. The highest BCUT2D eigenvalue weighted by atomic mass is 16.3. The third-order valence-electron chi connectivity index (χ3n) is 3.96. The summed E-state index contributed by atoms with van der Waals surface area (Å²) in [6.45, 7) is 7.21. The van der Waals surface area contributed by atoms with Crippen molar-refractivity contribution in [3.05, 3.63) is 42.1 Å². The molecule has 2 rings (SSSR count). The van der Waals surface area contributed by atoms with E-state index in [9.17, 15) is 4.79 Å². The fourth-order valence-corrected chi connectivity index (χ4v) is 2.51. The summed E-state index contributed by atoms with van der Waals surface area (Å²) in [6.07, 6.45) is 0.613. The van der Waals surface area contributed by atoms with E-state index in [0.717, 1.165) is 11.4 Å². The molecule has 6 heteroatoms. The summed E-state index contributed by atoms with van der Waals surface area (Å²) in [7, 11) is 1.82. The Morgan fingerprint density at radius 1 is 1.28 bits per heavy atom. The second-order valence-corrected chi connectivity index (χ2v) is 7.17. The van der Waals surface area contributed by atoms with Crippen LogP contribution in [-0.2, 0) is 17.3 Å². The van der Waals surface area contributed by atoms with E-state index >= 15 is 0 Å². The molecular formula is C19H28N4O2. The molecule has 0 aliphatic heterocycles. The maximum atomic E-state index is 12.5. The van der Waals surface area contributed by atoms with Crippen molar-refractivity contribution in [2.45, 2.75) is 32.6 Å². The molecule has 136 valence electrons. The van der Waals surface area contributed by atoms with Gasteiger partial charge in [0.25, 0.3) is 0 Å². The summed E-state index contributed by atoms with van der Waals surface area (Å²) in [5.41, 5.74) is 1.83. The molecule has 1 aromatic heterocycles. The number of aryl methyl sites for hydroxylation is 1. The molecule has 1 amide bonds. The van der Waals surface area contributed by atoms with E-state index in [2.05, 4.69) is 31.2 Å². The zero-order chi connectivity index (χ0) is 18.4. The number of benzene rings is 1. The van der Waals surface area contributed by atoms with Gasteiger partial charge in [0.1, 0.15) is 5.82 Å². The third kappa shape index (κ3) is 5.32. The summed E-state index contributed by atoms with van der Waals surface area (Å²) >= 11 is 0. The summed E-state index contributed by atoms with van der Waals surface area (Å²) in [6, 6.07) is 11.7. The maximum Gasteiger partial charge on any atom is 0.245 e. The minimum atomic E-state index is -0.106. The van der Waals surface area contributed by atoms with Gasteiger partial charge in [0.15, 0.2) is 0 Å². The molecule has 0 aliphatic rings. The molecule has 1 aromatic carbocycles. The molecule has 2 aromatic rings. The lowest BCUT2D eigenvalue weighted by Gasteiger charge is -2.24. The number of aromatic nitrogens is 2. The van der Waals surface area contributed by atoms with Gasteiger partial charge in [-0.15, -0.1) is 0 Å². The number of anilines is 2. The fraction of sp³-hybridized carbons (Fsp3) is 0.474. The minimum Gasteiger partial charge on any atom is -0.396 e. The van der Waals surface area contributed by atoms with Crippen LogP contribution in [0.2, 0.25) is 0 Å². The van der Waals surface area contributed by atoms with E-state index in [1.54, 1.807) is 4.68 Å². The number of amides is 1. The summed E-state index contributed by atoms with van der Waals surface area (Å²) in [5.74, 6) is 0.579. The molecule has 2 N–H and O–H groups in total. The lowest BCUT2D eigenvalue weighted by molar-refractivity contribution is -0.115. The van der Waals surface area contributed by atoms with Crippen molar-refractivity contribution >= 4 is 17.4 Å². The van der Waals surface area contributed by atoms with E-state index in [1.165, 1.54) is 0 Å². The highest BCUT2D eigenvalue weighted by Gasteiger charge is 2.20. The number of para-hydroxylation sites is 1. The Labute approximate surface area is 149 Å². The van der Waals surface area contributed by atoms with Crippen molar-refractivity contribution in [2.24, 2.45) is 7.05 Å². The van der Waals surface area contributed by atoms with Gasteiger partial charge in [0, 0.05) is 37.4 Å². The Bertz CT molecular complexity index is 689. The van der Waals surface area contributed by atoms with E-state index in [0.29, 0.717) is 18.8 Å². The van der Waals surface area contributed by atoms with Crippen LogP contribution >= 0.6 is 0 Å². The van der Waals surface area contributed by atoms with Crippen LogP contribution in [0.1, 0.15) is 32.9 Å². The summed E-state index contributed by atoms with van der Waals surface area (Å²) in [4.78, 5) is 14.5. The van der Waals surface area contributed by atoms with Gasteiger partial charge in [-0.25, -0.2) is 0 Å². The molecule has 0 bridgehead atoms. The zero-order valence-corrected chi connectivity index (χ0v) is 15.5. The fourth-order valence-electron chi connectivity index (χ4n) is 2.51. The third-order valence-corrected chi connectivity index (χ3v) is 3.96. The first-order valence-electron chi connectivity index (χ1n) is 8.56. The van der Waals surface area contributed by atoms with Gasteiger partial charge in [0.2, 0.25) is 5.91 Å². The maximum absolute atomic E-state index is 12.5. The first-order chi connectivity index (χ1) is 11.8. The van der Waals surface area contributed by atoms with Crippen molar-refractivity contribution in [3.63, 3.8) is 0 Å². The first-order valence-corrected chi connectivity index (χ1v) is 8.56. The molecule has 0 unspecified atom stereocenters. The van der Waals surface area contributed by atoms with Gasteiger partial charge in [-0.3, -0.25) is 9.48 Å². The average molecular weight is 344 g/mol. The molecule has 25 heavy (non-hydrogen) atoms. The quantitative estimate of drug-likeness (QED) is 0.810. The number of carbonyl (C=O) groups is 1. The van der Waals surface area contributed by atoms with Crippen LogP contribution in [0.5, 0.6) is 0 Å². The van der Waals surface area contributed by atoms with Gasteiger partial charge in [-0.1, -0.05) is 39.0 Å². The Morgan fingerprint density at radius 2 is 1.96 bits per heavy atom. The molecular weight excluding hydrogens is 316 g/mol. The van der Waals surface area contributed by atoms with E-state index < -0.39 is 0 Å². The van der Waals surface area contributed by atoms with Crippen molar-refractivity contribution in [2.75, 3.05) is 29.9 Å². The van der Waals surface area contributed by atoms with Gasteiger partial charge in [0.05, 0.1) is 12.2 Å². The van der Waals surface area contributed by atoms with E-state index in [-0.39, 0.29) is 24.5 Å². The Balaban J connectivity index is 2.07. The van der Waals surface area contributed by atoms with Crippen LogP contribution in [0.25, 0.3) is 0 Å². The van der Waals surface area contributed by atoms with Crippen LogP contribution in [0.4, 0.5) is 11.5 Å². The Hall–Kier alpha value is -2.34. The summed E-state index contributed by atoms with van der Waals surface area (Å²) in [5, 5.41) is 16.5. The number of hydrogen-bond donors (Lipinski definition) is 2. The predicted molar refractivity (Wildman–Crippen MR) is 101 cm³/mol. The second kappa shape index (κ2) is 8.16. The average Bonchev–Trinajstić information content (AvgIpc) is 2.93. The largest absolute Gasteiger partial charge is 0.396 e. The number of nitrogens with zero attached hydrogens (tertiary/aromatic N) is 3. The van der Waals surface area contributed by atoms with Crippen LogP contribution in [0.3, 0.4) is 0 Å². The van der Waals surface area contributed by atoms with Crippen molar-refractivity contribution in [1.29, 1.82) is 0 Å². The van der Waals surface area contributed by atoms with Gasteiger partial charge in [-0.2, -0.15) is 5.10 Å². The predicted octanol–water partition coefficient (Wildman–Crippen LogP) is 2.55. The van der Waals surface area contributed by atoms with Crippen molar-refractivity contribution in [1.82, 2.24) is 9.78 Å². The van der Waals surface area contributed by atoms with E-state index in [4.69, 9.17) is 5.11 Å². The topological polar surface area (TPSA) is 70.4 Å². The number of nitrogens with one attached hydrogen (secondary N) is 1. The lowest BCUT2D eigenvalue weighted by Crippen LogP contribution is -2.34. The smallest absolute Gasteiger partial charge is 0.245 e. The number of carbonyl (C=O) groups excluding carboxylic acids is 1. The monoisotopic (exact) mass is 344 g/mol. The molecule has 1 heterocycles.